The van der Waals surface area contributed by atoms with Gasteiger partial charge in [-0.2, -0.15) is 0 Å². The van der Waals surface area contributed by atoms with Crippen LogP contribution in [0.1, 0.15) is 18.4 Å². The van der Waals surface area contributed by atoms with Crippen LogP contribution in [0, 0.1) is 11.7 Å². The first-order valence-corrected chi connectivity index (χ1v) is 8.08. The molecule has 0 aliphatic heterocycles. The Morgan fingerprint density at radius 1 is 1.08 bits per heavy atom. The number of carbonyl (C=O) groups is 2. The third kappa shape index (κ3) is 4.56. The molecule has 1 aliphatic carbocycles. The second kappa shape index (κ2) is 7.34. The van der Waals surface area contributed by atoms with Crippen LogP contribution in [0.3, 0.4) is 0 Å². The summed E-state index contributed by atoms with van der Waals surface area (Å²) in [5.74, 6) is -0.418. The van der Waals surface area contributed by atoms with E-state index in [0.717, 1.165) is 12.8 Å². The zero-order valence-electron chi connectivity index (χ0n) is 13.8. The van der Waals surface area contributed by atoms with Crippen LogP contribution in [0.4, 0.5) is 15.8 Å². The van der Waals surface area contributed by atoms with E-state index in [9.17, 15) is 14.0 Å². The van der Waals surface area contributed by atoms with Gasteiger partial charge in [-0.15, -0.1) is 0 Å². The van der Waals surface area contributed by atoms with Crippen LogP contribution in [0.25, 0.3) is 0 Å². The van der Waals surface area contributed by atoms with Crippen molar-refractivity contribution >= 4 is 23.2 Å². The minimum Gasteiger partial charge on any atom is -0.494 e. The molecule has 130 valence electrons. The first-order chi connectivity index (χ1) is 12.0. The Morgan fingerprint density at radius 2 is 1.72 bits per heavy atom. The molecular formula is C19H19FN2O3. The molecule has 0 saturated heterocycles. The van der Waals surface area contributed by atoms with Crippen molar-refractivity contribution in [2.75, 3.05) is 17.7 Å². The Kier molecular flexibility index (Phi) is 4.97. The largest absolute Gasteiger partial charge is 0.494 e. The van der Waals surface area contributed by atoms with Gasteiger partial charge in [0.25, 0.3) is 0 Å². The van der Waals surface area contributed by atoms with Gasteiger partial charge in [0, 0.05) is 17.3 Å². The highest BCUT2D eigenvalue weighted by Gasteiger charge is 2.29. The number of hydrogen-bond donors (Lipinski definition) is 2. The van der Waals surface area contributed by atoms with Gasteiger partial charge < -0.3 is 15.4 Å². The average molecular weight is 342 g/mol. The van der Waals surface area contributed by atoms with E-state index in [1.807, 2.05) is 0 Å². The minimum absolute atomic E-state index is 0.0401. The smallest absolute Gasteiger partial charge is 0.228 e. The van der Waals surface area contributed by atoms with E-state index in [1.165, 1.54) is 19.2 Å². The summed E-state index contributed by atoms with van der Waals surface area (Å²) >= 11 is 0. The molecule has 2 N–H and O–H groups in total. The van der Waals surface area contributed by atoms with Gasteiger partial charge in [-0.05, 0) is 54.8 Å². The van der Waals surface area contributed by atoms with Gasteiger partial charge in [-0.3, -0.25) is 9.59 Å². The van der Waals surface area contributed by atoms with Crippen molar-refractivity contribution in [1.82, 2.24) is 0 Å². The molecule has 0 unspecified atom stereocenters. The number of methoxy groups -OCH3 is 1. The van der Waals surface area contributed by atoms with Gasteiger partial charge in [-0.25, -0.2) is 4.39 Å². The normalized spacial score (nSPS) is 13.2. The van der Waals surface area contributed by atoms with Crippen molar-refractivity contribution in [3.05, 3.63) is 53.8 Å². The Labute approximate surface area is 145 Å². The van der Waals surface area contributed by atoms with Crippen molar-refractivity contribution in [1.29, 1.82) is 0 Å². The lowest BCUT2D eigenvalue weighted by molar-refractivity contribution is -0.117. The number of ether oxygens (including phenoxy) is 1. The lowest BCUT2D eigenvalue weighted by atomic mass is 10.1. The fourth-order valence-electron chi connectivity index (χ4n) is 2.44. The van der Waals surface area contributed by atoms with E-state index in [4.69, 9.17) is 4.74 Å². The van der Waals surface area contributed by atoms with Crippen LogP contribution >= 0.6 is 0 Å². The summed E-state index contributed by atoms with van der Waals surface area (Å²) < 4.78 is 18.5. The van der Waals surface area contributed by atoms with E-state index in [2.05, 4.69) is 10.6 Å². The molecule has 0 bridgehead atoms. The molecule has 0 heterocycles. The van der Waals surface area contributed by atoms with Crippen LogP contribution in [0.15, 0.2) is 42.5 Å². The predicted molar refractivity (Wildman–Crippen MR) is 93.1 cm³/mol. The maximum absolute atomic E-state index is 13.6. The van der Waals surface area contributed by atoms with Gasteiger partial charge in [0.15, 0.2) is 11.6 Å². The fourth-order valence-corrected chi connectivity index (χ4v) is 2.44. The minimum atomic E-state index is -0.497. The molecule has 6 heteroatoms. The number of rotatable bonds is 6. The highest BCUT2D eigenvalue weighted by atomic mass is 19.1. The molecule has 3 rings (SSSR count). The fraction of sp³-hybridized carbons (Fsp3) is 0.263. The van der Waals surface area contributed by atoms with E-state index in [1.54, 1.807) is 30.3 Å². The van der Waals surface area contributed by atoms with Crippen LogP contribution in [-0.2, 0) is 16.0 Å². The van der Waals surface area contributed by atoms with Gasteiger partial charge >= 0.3 is 0 Å². The van der Waals surface area contributed by atoms with Gasteiger partial charge in [0.1, 0.15) is 0 Å². The van der Waals surface area contributed by atoms with Crippen molar-refractivity contribution < 1.29 is 18.7 Å². The molecule has 2 amide bonds. The van der Waals surface area contributed by atoms with Crippen molar-refractivity contribution in [2.24, 2.45) is 5.92 Å². The summed E-state index contributed by atoms with van der Waals surface area (Å²) in [6, 6.07) is 11.3. The number of amides is 2. The van der Waals surface area contributed by atoms with Gasteiger partial charge in [0.05, 0.1) is 13.5 Å². The predicted octanol–water partition coefficient (Wildman–Crippen LogP) is 3.36. The van der Waals surface area contributed by atoms with Crippen LogP contribution in [-0.4, -0.2) is 18.9 Å². The highest BCUT2D eigenvalue weighted by molar-refractivity contribution is 5.95. The molecule has 1 saturated carbocycles. The topological polar surface area (TPSA) is 67.4 Å². The molecule has 0 spiro atoms. The Hall–Kier alpha value is -2.89. The van der Waals surface area contributed by atoms with Crippen LogP contribution in [0.2, 0.25) is 0 Å². The Bertz CT molecular complexity index is 786. The first-order valence-electron chi connectivity index (χ1n) is 8.08. The highest BCUT2D eigenvalue weighted by Crippen LogP contribution is 2.30. The number of carbonyl (C=O) groups excluding carboxylic acids is 2. The standard InChI is InChI=1S/C19H19FN2O3/c1-25-17-9-2-12(10-16(17)20)11-18(23)21-14-5-7-15(8-6-14)22-19(24)13-3-4-13/h2,5-10,13H,3-4,11H2,1H3,(H,21,23)(H,22,24). The molecule has 0 radical (unpaired) electrons. The first kappa shape index (κ1) is 17.0. The van der Waals surface area contributed by atoms with E-state index in [0.29, 0.717) is 16.9 Å². The van der Waals surface area contributed by atoms with Crippen LogP contribution < -0.4 is 15.4 Å². The maximum Gasteiger partial charge on any atom is 0.228 e. The molecule has 2 aromatic carbocycles. The average Bonchev–Trinajstić information content (AvgIpc) is 3.42. The molecule has 1 aliphatic rings. The Balaban J connectivity index is 1.55. The van der Waals surface area contributed by atoms with Crippen molar-refractivity contribution in [2.45, 2.75) is 19.3 Å². The van der Waals surface area contributed by atoms with E-state index in [-0.39, 0.29) is 29.9 Å². The SMILES string of the molecule is COc1ccc(CC(=O)Nc2ccc(NC(=O)C3CC3)cc2)cc1F. The quantitative estimate of drug-likeness (QED) is 0.846. The summed E-state index contributed by atoms with van der Waals surface area (Å²) in [6.45, 7) is 0. The zero-order chi connectivity index (χ0) is 17.8. The molecule has 0 aromatic heterocycles. The number of benzene rings is 2. The summed E-state index contributed by atoms with van der Waals surface area (Å²) in [4.78, 5) is 23.8. The molecule has 1 fully saturated rings. The molecule has 5 nitrogen and oxygen atoms in total. The summed E-state index contributed by atoms with van der Waals surface area (Å²) in [5.41, 5.74) is 1.87. The number of hydrogen-bond acceptors (Lipinski definition) is 3. The third-order valence-electron chi connectivity index (χ3n) is 3.97. The van der Waals surface area contributed by atoms with Gasteiger partial charge in [-0.1, -0.05) is 6.07 Å². The van der Waals surface area contributed by atoms with Gasteiger partial charge in [0.2, 0.25) is 11.8 Å². The maximum atomic E-state index is 13.6. The monoisotopic (exact) mass is 342 g/mol. The molecule has 0 atom stereocenters. The molecule has 2 aromatic rings. The lowest BCUT2D eigenvalue weighted by Crippen LogP contribution is -2.15. The van der Waals surface area contributed by atoms with Crippen molar-refractivity contribution in [3.63, 3.8) is 0 Å². The van der Waals surface area contributed by atoms with Crippen molar-refractivity contribution in [3.8, 4) is 5.75 Å². The number of halogens is 1. The summed E-state index contributed by atoms with van der Waals surface area (Å²) in [6.07, 6.45) is 1.96. The van der Waals surface area contributed by atoms with E-state index < -0.39 is 5.82 Å². The number of nitrogens with one attached hydrogen (secondary N) is 2. The van der Waals surface area contributed by atoms with Crippen LogP contribution in [0.5, 0.6) is 5.75 Å². The second-order valence-electron chi connectivity index (χ2n) is 6.03. The second-order valence-corrected chi connectivity index (χ2v) is 6.03. The van der Waals surface area contributed by atoms with E-state index >= 15 is 0 Å². The summed E-state index contributed by atoms with van der Waals surface area (Å²) in [5, 5.41) is 5.58. The zero-order valence-corrected chi connectivity index (χ0v) is 13.8. The third-order valence-corrected chi connectivity index (χ3v) is 3.97. The molecular weight excluding hydrogens is 323 g/mol. The summed E-state index contributed by atoms with van der Waals surface area (Å²) in [7, 11) is 1.39. The number of anilines is 2. The lowest BCUT2D eigenvalue weighted by Gasteiger charge is -2.08. The molecule has 25 heavy (non-hydrogen) atoms. The Morgan fingerprint density at radius 3 is 2.28 bits per heavy atom.